The molecule has 0 saturated carbocycles. The summed E-state index contributed by atoms with van der Waals surface area (Å²) in [6.07, 6.45) is 1.87. The Kier molecular flexibility index (Phi) is 8.91. The highest BCUT2D eigenvalue weighted by atomic mass is 32.2. The number of nitrogens with one attached hydrogen (secondary N) is 1. The molecule has 1 aromatic rings. The minimum atomic E-state index is -3.79. The highest BCUT2D eigenvalue weighted by molar-refractivity contribution is 7.92. The van der Waals surface area contributed by atoms with Crippen LogP contribution in [0.15, 0.2) is 36.2 Å². The molecule has 1 aliphatic rings. The second kappa shape index (κ2) is 11.0. The summed E-state index contributed by atoms with van der Waals surface area (Å²) in [4.78, 5) is 13.9. The molecule has 1 aliphatic heterocycles. The van der Waals surface area contributed by atoms with Crippen molar-refractivity contribution < 1.29 is 33.0 Å². The number of rotatable bonds is 9. The Labute approximate surface area is 195 Å². The van der Waals surface area contributed by atoms with E-state index in [0.717, 1.165) is 17.4 Å². The van der Waals surface area contributed by atoms with E-state index in [4.69, 9.17) is 14.7 Å². The first-order valence-corrected chi connectivity index (χ1v) is 12.4. The van der Waals surface area contributed by atoms with E-state index >= 15 is 0 Å². The summed E-state index contributed by atoms with van der Waals surface area (Å²) in [5.41, 5.74) is 3.05. The van der Waals surface area contributed by atoms with Gasteiger partial charge >= 0.3 is 0 Å². The van der Waals surface area contributed by atoms with Crippen molar-refractivity contribution >= 4 is 15.7 Å². The summed E-state index contributed by atoms with van der Waals surface area (Å²) in [6.45, 7) is 5.30. The number of ether oxygens (including phenoxy) is 2. The number of carbonyl (C=O) groups excluding carboxylic acids is 1. The van der Waals surface area contributed by atoms with E-state index in [9.17, 15) is 18.3 Å². The Morgan fingerprint density at radius 3 is 2.42 bits per heavy atom. The van der Waals surface area contributed by atoms with E-state index < -0.39 is 26.6 Å². The summed E-state index contributed by atoms with van der Waals surface area (Å²) < 4.78 is 33.8. The van der Waals surface area contributed by atoms with Gasteiger partial charge in [-0.25, -0.2) is 13.9 Å². The quantitative estimate of drug-likeness (QED) is 0.276. The summed E-state index contributed by atoms with van der Waals surface area (Å²) in [6, 6.07) is 7.31. The number of hydrogen-bond donors (Lipinski definition) is 3. The first kappa shape index (κ1) is 26.7. The fourth-order valence-electron chi connectivity index (χ4n) is 3.38. The number of allylic oxidation sites excluding steroid dienone is 1. The molecule has 0 saturated heterocycles. The van der Waals surface area contributed by atoms with Crippen LogP contribution in [0.1, 0.15) is 44.4 Å². The first-order chi connectivity index (χ1) is 15.5. The van der Waals surface area contributed by atoms with Crippen molar-refractivity contribution in [1.82, 2.24) is 10.4 Å². The number of methoxy groups -OCH3 is 1. The molecule has 10 heteroatoms. The van der Waals surface area contributed by atoms with Crippen molar-refractivity contribution in [2.75, 3.05) is 26.5 Å². The van der Waals surface area contributed by atoms with Gasteiger partial charge < -0.3 is 19.5 Å². The Morgan fingerprint density at radius 1 is 1.30 bits per heavy atom. The number of benzene rings is 1. The number of aliphatic hydroxyl groups excluding tert-OH is 1. The molecule has 182 valence electrons. The van der Waals surface area contributed by atoms with E-state index in [2.05, 4.69) is 11.8 Å². The molecule has 0 fully saturated rings. The van der Waals surface area contributed by atoms with Crippen molar-refractivity contribution in [3.8, 4) is 11.8 Å². The molecule has 2 rings (SSSR count). The van der Waals surface area contributed by atoms with Crippen LogP contribution in [0.3, 0.4) is 0 Å². The topological polar surface area (TPSA) is 125 Å². The number of nitrogens with zero attached hydrogens (tertiary/aromatic N) is 1. The second-order valence-electron chi connectivity index (χ2n) is 8.46. The summed E-state index contributed by atoms with van der Waals surface area (Å²) in [5.74, 6) is 5.53. The van der Waals surface area contributed by atoms with Gasteiger partial charge in [-0.2, -0.15) is 0 Å². The number of hydroxylamine groups is 1. The van der Waals surface area contributed by atoms with Gasteiger partial charge in [0.25, 0.3) is 5.91 Å². The van der Waals surface area contributed by atoms with Crippen molar-refractivity contribution in [2.45, 2.75) is 44.3 Å². The smallest absolute Gasteiger partial charge is 0.264 e. The zero-order chi connectivity index (χ0) is 24.8. The molecule has 0 bridgehead atoms. The van der Waals surface area contributed by atoms with Crippen LogP contribution >= 0.6 is 0 Å². The molecule has 0 radical (unpaired) electrons. The van der Waals surface area contributed by atoms with Crippen LogP contribution in [0.25, 0.3) is 0 Å². The summed E-state index contributed by atoms with van der Waals surface area (Å²) in [5, 5.41) is 18.3. The molecule has 0 spiro atoms. The number of sulfone groups is 1. The lowest BCUT2D eigenvalue weighted by Gasteiger charge is -2.31. The Hall–Kier alpha value is -2.58. The monoisotopic (exact) mass is 480 g/mol. The fraction of sp³-hybridized carbons (Fsp3) is 0.522. The zero-order valence-electron chi connectivity index (χ0n) is 19.5. The van der Waals surface area contributed by atoms with Gasteiger partial charge in [-0.15, -0.1) is 0 Å². The summed E-state index contributed by atoms with van der Waals surface area (Å²) in [7, 11) is -2.26. The molecule has 1 heterocycles. The predicted molar refractivity (Wildman–Crippen MR) is 122 cm³/mol. The van der Waals surface area contributed by atoms with Gasteiger partial charge in [-0.1, -0.05) is 31.9 Å². The lowest BCUT2D eigenvalue weighted by molar-refractivity contribution is -0.131. The van der Waals surface area contributed by atoms with Crippen molar-refractivity contribution in [3.05, 3.63) is 47.4 Å². The van der Waals surface area contributed by atoms with Gasteiger partial charge in [0.05, 0.1) is 12.8 Å². The molecule has 1 amide bonds. The van der Waals surface area contributed by atoms with Gasteiger partial charge in [0, 0.05) is 31.4 Å². The lowest BCUT2D eigenvalue weighted by atomic mass is 10.1. The van der Waals surface area contributed by atoms with Crippen molar-refractivity contribution in [3.63, 3.8) is 0 Å². The molecular formula is C23H32N2O7S. The van der Waals surface area contributed by atoms with Crippen LogP contribution in [0.2, 0.25) is 0 Å². The normalized spacial score (nSPS) is 18.6. The third-order valence-electron chi connectivity index (χ3n) is 5.74. The Bertz CT molecular complexity index is 1020. The molecule has 1 aromatic carbocycles. The zero-order valence-corrected chi connectivity index (χ0v) is 20.3. The highest BCUT2D eigenvalue weighted by Crippen LogP contribution is 2.28. The van der Waals surface area contributed by atoms with E-state index in [1.165, 1.54) is 19.5 Å². The fourth-order valence-corrected chi connectivity index (χ4v) is 4.23. The van der Waals surface area contributed by atoms with Crippen LogP contribution in [-0.4, -0.2) is 67.0 Å². The SMILES string of the molecule is COC(CO)c1ccc(C#CC2=CN(CCC(C)(C(=O)NO)S(C)(=O)=O)C(C(C)C)O2)cc1. The first-order valence-electron chi connectivity index (χ1n) is 10.5. The molecule has 3 unspecified atom stereocenters. The molecule has 33 heavy (non-hydrogen) atoms. The van der Waals surface area contributed by atoms with Crippen LogP contribution in [0.5, 0.6) is 0 Å². The Morgan fingerprint density at radius 2 is 1.94 bits per heavy atom. The molecule has 0 aromatic heterocycles. The minimum Gasteiger partial charge on any atom is -0.461 e. The van der Waals surface area contributed by atoms with Crippen LogP contribution < -0.4 is 5.48 Å². The minimum absolute atomic E-state index is 0.0466. The number of amides is 1. The van der Waals surface area contributed by atoms with Crippen LogP contribution in [0.4, 0.5) is 0 Å². The third kappa shape index (κ3) is 6.26. The van der Waals surface area contributed by atoms with E-state index in [1.54, 1.807) is 6.20 Å². The maximum Gasteiger partial charge on any atom is 0.264 e. The largest absolute Gasteiger partial charge is 0.461 e. The van der Waals surface area contributed by atoms with Gasteiger partial charge in [0.2, 0.25) is 0 Å². The van der Waals surface area contributed by atoms with E-state index in [-0.39, 0.29) is 31.7 Å². The second-order valence-corrected chi connectivity index (χ2v) is 10.9. The number of aliphatic hydroxyl groups is 1. The lowest BCUT2D eigenvalue weighted by Crippen LogP contribution is -2.51. The van der Waals surface area contributed by atoms with Gasteiger partial charge in [0.1, 0.15) is 6.10 Å². The Balaban J connectivity index is 2.19. The average molecular weight is 481 g/mol. The van der Waals surface area contributed by atoms with Crippen molar-refractivity contribution in [1.29, 1.82) is 0 Å². The standard InChI is InChI=1S/C23H32N2O7S/c1-16(2)21-25(13-12-23(3,22(27)24-28)33(5,29)30)14-19(32-21)11-8-17-6-9-18(10-7-17)20(15-26)31-4/h6-7,9-10,14,16,20-21,26,28H,12-13,15H2,1-5H3,(H,24,27). The van der Waals surface area contributed by atoms with Gasteiger partial charge in [-0.05, 0) is 37.0 Å². The third-order valence-corrected chi connectivity index (χ3v) is 7.76. The van der Waals surface area contributed by atoms with Gasteiger partial charge in [0.15, 0.2) is 26.6 Å². The maximum atomic E-state index is 12.2. The number of hydrogen-bond acceptors (Lipinski definition) is 8. The molecule has 3 atom stereocenters. The average Bonchev–Trinajstić information content (AvgIpc) is 3.20. The molecular weight excluding hydrogens is 448 g/mol. The highest BCUT2D eigenvalue weighted by Gasteiger charge is 2.44. The molecule has 0 aliphatic carbocycles. The maximum absolute atomic E-state index is 12.2. The number of carbonyl (C=O) groups is 1. The predicted octanol–water partition coefficient (Wildman–Crippen LogP) is 1.57. The van der Waals surface area contributed by atoms with E-state index in [1.807, 2.05) is 43.0 Å². The van der Waals surface area contributed by atoms with Crippen molar-refractivity contribution in [2.24, 2.45) is 5.92 Å². The van der Waals surface area contributed by atoms with E-state index in [0.29, 0.717) is 5.76 Å². The summed E-state index contributed by atoms with van der Waals surface area (Å²) >= 11 is 0. The van der Waals surface area contributed by atoms with Crippen LogP contribution in [0, 0.1) is 17.8 Å². The van der Waals surface area contributed by atoms with Crippen LogP contribution in [-0.2, 0) is 24.1 Å². The molecule has 3 N–H and O–H groups in total. The molecule has 9 nitrogen and oxygen atoms in total. The van der Waals surface area contributed by atoms with Gasteiger partial charge in [-0.3, -0.25) is 10.0 Å².